The number of carboxylic acid groups (broad SMARTS) is 1. The number of aryl methyl sites for hydroxylation is 1. The van der Waals surface area contributed by atoms with E-state index >= 15 is 0 Å². The van der Waals surface area contributed by atoms with Crippen LogP contribution in [0.1, 0.15) is 16.1 Å². The Morgan fingerprint density at radius 2 is 2.17 bits per heavy atom. The summed E-state index contributed by atoms with van der Waals surface area (Å²) in [6.45, 7) is 1.84. The van der Waals surface area contributed by atoms with E-state index in [9.17, 15) is 4.79 Å². The maximum Gasteiger partial charge on any atom is 0.357 e. The van der Waals surface area contributed by atoms with Gasteiger partial charge in [-0.05, 0) is 18.6 Å². The fraction of sp³-hybridized carbons (Fsp3) is 0.0909. The van der Waals surface area contributed by atoms with E-state index in [0.29, 0.717) is 20.7 Å². The number of hydrogen-bond acceptors (Lipinski definition) is 4. The fourth-order valence-electron chi connectivity index (χ4n) is 1.37. The highest BCUT2D eigenvalue weighted by Gasteiger charge is 2.16. The van der Waals surface area contributed by atoms with Gasteiger partial charge >= 0.3 is 5.97 Å². The molecule has 0 aliphatic heterocycles. The van der Waals surface area contributed by atoms with Gasteiger partial charge in [0.1, 0.15) is 5.00 Å². The summed E-state index contributed by atoms with van der Waals surface area (Å²) in [5.41, 5.74) is 2.74. The van der Waals surface area contributed by atoms with E-state index in [1.807, 2.05) is 6.92 Å². The predicted molar refractivity (Wildman–Crippen MR) is 73.6 cm³/mol. The third-order valence-electron chi connectivity index (χ3n) is 2.29. The topological polar surface area (TPSA) is 62.2 Å². The first-order valence-corrected chi connectivity index (χ1v) is 6.52. The van der Waals surface area contributed by atoms with E-state index in [4.69, 9.17) is 28.3 Å². The monoisotopic (exact) mass is 302 g/mol. The van der Waals surface area contributed by atoms with Crippen LogP contribution in [0.15, 0.2) is 17.6 Å². The third-order valence-corrected chi connectivity index (χ3v) is 3.84. The van der Waals surface area contributed by atoms with Crippen molar-refractivity contribution in [1.29, 1.82) is 0 Å². The molecule has 4 nitrogen and oxygen atoms in total. The van der Waals surface area contributed by atoms with Crippen LogP contribution < -0.4 is 5.32 Å². The van der Waals surface area contributed by atoms with Crippen LogP contribution in [0.4, 0.5) is 10.7 Å². The average Bonchev–Trinajstić information content (AvgIpc) is 2.78. The second kappa shape index (κ2) is 5.14. The lowest BCUT2D eigenvalue weighted by atomic mass is 10.2. The van der Waals surface area contributed by atoms with Gasteiger partial charge in [0.15, 0.2) is 5.69 Å². The summed E-state index contributed by atoms with van der Waals surface area (Å²) in [4.78, 5) is 14.7. The van der Waals surface area contributed by atoms with E-state index in [2.05, 4.69) is 10.3 Å². The minimum Gasteiger partial charge on any atom is -0.476 e. The molecule has 2 N–H and O–H groups in total. The van der Waals surface area contributed by atoms with Gasteiger partial charge in [0.2, 0.25) is 0 Å². The van der Waals surface area contributed by atoms with Gasteiger partial charge in [0.25, 0.3) is 0 Å². The molecule has 0 saturated carbocycles. The first kappa shape index (κ1) is 13.1. The zero-order valence-electron chi connectivity index (χ0n) is 9.20. The molecule has 0 radical (unpaired) electrons. The van der Waals surface area contributed by atoms with Crippen molar-refractivity contribution in [1.82, 2.24) is 4.98 Å². The molecule has 94 valence electrons. The number of benzene rings is 1. The molecule has 1 aromatic heterocycles. The van der Waals surface area contributed by atoms with Gasteiger partial charge in [-0.15, -0.1) is 11.3 Å². The Bertz CT molecular complexity index is 613. The largest absolute Gasteiger partial charge is 0.476 e. The first-order chi connectivity index (χ1) is 8.50. The van der Waals surface area contributed by atoms with Gasteiger partial charge in [0, 0.05) is 0 Å². The summed E-state index contributed by atoms with van der Waals surface area (Å²) in [5, 5.41) is 13.2. The Kier molecular flexibility index (Phi) is 3.75. The summed E-state index contributed by atoms with van der Waals surface area (Å²) in [7, 11) is 0. The highest BCUT2D eigenvalue weighted by molar-refractivity contribution is 7.14. The van der Waals surface area contributed by atoms with Crippen molar-refractivity contribution >= 4 is 51.2 Å². The minimum absolute atomic E-state index is 0.0476. The minimum atomic E-state index is -1.10. The summed E-state index contributed by atoms with van der Waals surface area (Å²) in [5.74, 6) is -1.10. The Morgan fingerprint density at radius 3 is 2.83 bits per heavy atom. The number of rotatable bonds is 3. The SMILES string of the molecule is Cc1ccc(Cl)c(Nc2scnc2C(=O)O)c1Cl. The van der Waals surface area contributed by atoms with Gasteiger partial charge in [0.05, 0.1) is 21.2 Å². The molecule has 0 spiro atoms. The van der Waals surface area contributed by atoms with Crippen LogP contribution in [0, 0.1) is 6.92 Å². The van der Waals surface area contributed by atoms with Crippen LogP contribution >= 0.6 is 34.5 Å². The number of aromatic carboxylic acids is 1. The number of thiazole rings is 1. The first-order valence-electron chi connectivity index (χ1n) is 4.89. The van der Waals surface area contributed by atoms with Gasteiger partial charge in [-0.1, -0.05) is 29.3 Å². The summed E-state index contributed by atoms with van der Waals surface area (Å²) < 4.78 is 0. The van der Waals surface area contributed by atoms with Gasteiger partial charge in [-0.2, -0.15) is 0 Å². The highest BCUT2D eigenvalue weighted by Crippen LogP contribution is 2.36. The molecule has 0 bridgehead atoms. The van der Waals surface area contributed by atoms with Crippen molar-refractivity contribution in [3.8, 4) is 0 Å². The van der Waals surface area contributed by atoms with E-state index in [1.165, 1.54) is 16.8 Å². The lowest BCUT2D eigenvalue weighted by molar-refractivity contribution is 0.0692. The summed E-state index contributed by atoms with van der Waals surface area (Å²) in [6.07, 6.45) is 0. The standard InChI is InChI=1S/C11H8Cl2N2O2S/c1-5-2-3-6(12)8(7(5)13)15-10-9(11(16)17)14-4-18-10/h2-4,15H,1H3,(H,16,17). The lowest BCUT2D eigenvalue weighted by Gasteiger charge is -2.10. The molecular formula is C11H8Cl2N2O2S. The number of anilines is 2. The second-order valence-corrected chi connectivity index (χ2v) is 5.15. The smallest absolute Gasteiger partial charge is 0.357 e. The fourth-order valence-corrected chi connectivity index (χ4v) is 2.51. The number of nitrogens with one attached hydrogen (secondary N) is 1. The van der Waals surface area contributed by atoms with Crippen LogP contribution in [0.3, 0.4) is 0 Å². The predicted octanol–water partition coefficient (Wildman–Crippen LogP) is 4.20. The highest BCUT2D eigenvalue weighted by atomic mass is 35.5. The van der Waals surface area contributed by atoms with Crippen molar-refractivity contribution in [2.45, 2.75) is 6.92 Å². The molecule has 2 rings (SSSR count). The van der Waals surface area contributed by atoms with E-state index < -0.39 is 5.97 Å². The molecule has 0 amide bonds. The molecule has 0 aliphatic carbocycles. The zero-order chi connectivity index (χ0) is 13.3. The lowest BCUT2D eigenvalue weighted by Crippen LogP contribution is -2.02. The molecule has 1 heterocycles. The van der Waals surface area contributed by atoms with Crippen molar-refractivity contribution < 1.29 is 9.90 Å². The Hall–Kier alpha value is -1.30. The van der Waals surface area contributed by atoms with E-state index in [1.54, 1.807) is 12.1 Å². The van der Waals surface area contributed by atoms with E-state index in [0.717, 1.165) is 5.56 Å². The normalized spacial score (nSPS) is 10.4. The van der Waals surface area contributed by atoms with Crippen LogP contribution in [0.5, 0.6) is 0 Å². The summed E-state index contributed by atoms with van der Waals surface area (Å²) in [6, 6.07) is 3.49. The van der Waals surface area contributed by atoms with Crippen molar-refractivity contribution in [3.05, 3.63) is 38.9 Å². The number of hydrogen-bond donors (Lipinski definition) is 2. The number of nitrogens with zero attached hydrogens (tertiary/aromatic N) is 1. The third kappa shape index (κ3) is 2.43. The molecule has 18 heavy (non-hydrogen) atoms. The van der Waals surface area contributed by atoms with Crippen LogP contribution in [-0.4, -0.2) is 16.1 Å². The number of halogens is 2. The molecule has 2 aromatic rings. The number of carbonyl (C=O) groups is 1. The van der Waals surface area contributed by atoms with Gasteiger partial charge < -0.3 is 10.4 Å². The molecule has 0 saturated heterocycles. The maximum atomic E-state index is 10.9. The van der Waals surface area contributed by atoms with E-state index in [-0.39, 0.29) is 5.69 Å². The Balaban J connectivity index is 2.43. The maximum absolute atomic E-state index is 10.9. The van der Waals surface area contributed by atoms with Crippen LogP contribution in [0.2, 0.25) is 10.0 Å². The van der Waals surface area contributed by atoms with Crippen LogP contribution in [0.25, 0.3) is 0 Å². The quantitative estimate of drug-likeness (QED) is 0.892. The van der Waals surface area contributed by atoms with Crippen molar-refractivity contribution in [2.24, 2.45) is 0 Å². The second-order valence-electron chi connectivity index (χ2n) is 3.51. The number of carboxylic acids is 1. The van der Waals surface area contributed by atoms with Crippen molar-refractivity contribution in [2.75, 3.05) is 5.32 Å². The van der Waals surface area contributed by atoms with Gasteiger partial charge in [-0.25, -0.2) is 9.78 Å². The van der Waals surface area contributed by atoms with Crippen molar-refractivity contribution in [3.63, 3.8) is 0 Å². The van der Waals surface area contributed by atoms with Crippen LogP contribution in [-0.2, 0) is 0 Å². The number of aromatic nitrogens is 1. The molecule has 0 aliphatic rings. The Labute approximate surface area is 117 Å². The molecule has 1 aromatic carbocycles. The molecule has 7 heteroatoms. The Morgan fingerprint density at radius 1 is 1.44 bits per heavy atom. The molecule has 0 unspecified atom stereocenters. The summed E-state index contributed by atoms with van der Waals surface area (Å²) >= 11 is 13.4. The average molecular weight is 303 g/mol. The molecule has 0 atom stereocenters. The molecule has 0 fully saturated rings. The molecular weight excluding hydrogens is 295 g/mol. The zero-order valence-corrected chi connectivity index (χ0v) is 11.5. The van der Waals surface area contributed by atoms with Gasteiger partial charge in [-0.3, -0.25) is 0 Å².